The van der Waals surface area contributed by atoms with E-state index in [4.69, 9.17) is 9.47 Å². The summed E-state index contributed by atoms with van der Waals surface area (Å²) in [5, 5.41) is 2.76. The Balaban J connectivity index is 1.61. The fourth-order valence-electron chi connectivity index (χ4n) is 1.91. The summed E-state index contributed by atoms with van der Waals surface area (Å²) in [5.74, 6) is 1.30. The quantitative estimate of drug-likeness (QED) is 0.715. The third-order valence-electron chi connectivity index (χ3n) is 3.21. The van der Waals surface area contributed by atoms with E-state index in [0.717, 1.165) is 16.6 Å². The zero-order valence-corrected chi connectivity index (χ0v) is 14.6. The molecule has 0 aliphatic carbocycles. The molecule has 0 saturated heterocycles. The Bertz CT molecular complexity index is 611. The molecule has 0 radical (unpaired) electrons. The molecule has 0 aliphatic rings. The average molecular weight is 378 g/mol. The number of ether oxygens (including phenoxy) is 2. The van der Waals surface area contributed by atoms with Crippen LogP contribution in [-0.2, 0) is 11.2 Å². The van der Waals surface area contributed by atoms with Crippen molar-refractivity contribution in [2.45, 2.75) is 13.3 Å². The SMILES string of the molecule is CCc1ccc(OCCNC(=O)COc2ccc(Br)cc2)cc1. The summed E-state index contributed by atoms with van der Waals surface area (Å²) in [5.41, 5.74) is 1.27. The Hall–Kier alpha value is -2.01. The van der Waals surface area contributed by atoms with Gasteiger partial charge in [-0.3, -0.25) is 4.79 Å². The van der Waals surface area contributed by atoms with Gasteiger partial charge in [-0.15, -0.1) is 0 Å². The molecule has 0 aromatic heterocycles. The van der Waals surface area contributed by atoms with Crippen molar-refractivity contribution in [1.29, 1.82) is 0 Å². The highest BCUT2D eigenvalue weighted by molar-refractivity contribution is 9.10. The van der Waals surface area contributed by atoms with E-state index in [1.165, 1.54) is 5.56 Å². The molecule has 0 saturated carbocycles. The molecule has 0 aliphatic heterocycles. The number of carbonyl (C=O) groups excluding carboxylic acids is 1. The van der Waals surface area contributed by atoms with Gasteiger partial charge in [0.05, 0.1) is 6.54 Å². The van der Waals surface area contributed by atoms with Crippen molar-refractivity contribution >= 4 is 21.8 Å². The first-order valence-electron chi connectivity index (χ1n) is 7.54. The number of aryl methyl sites for hydroxylation is 1. The van der Waals surface area contributed by atoms with Gasteiger partial charge in [0, 0.05) is 4.47 Å². The van der Waals surface area contributed by atoms with Gasteiger partial charge in [0.1, 0.15) is 18.1 Å². The van der Waals surface area contributed by atoms with Crippen LogP contribution in [0.15, 0.2) is 53.0 Å². The largest absolute Gasteiger partial charge is 0.492 e. The van der Waals surface area contributed by atoms with Crippen LogP contribution in [0.25, 0.3) is 0 Å². The van der Waals surface area contributed by atoms with Crippen molar-refractivity contribution in [3.05, 3.63) is 58.6 Å². The molecule has 2 aromatic rings. The third-order valence-corrected chi connectivity index (χ3v) is 3.74. The van der Waals surface area contributed by atoms with Crippen LogP contribution in [0.4, 0.5) is 0 Å². The summed E-state index contributed by atoms with van der Waals surface area (Å²) in [4.78, 5) is 11.7. The molecule has 5 heteroatoms. The van der Waals surface area contributed by atoms with Gasteiger partial charge in [0.25, 0.3) is 5.91 Å². The van der Waals surface area contributed by atoms with Crippen molar-refractivity contribution in [3.8, 4) is 11.5 Å². The molecule has 0 unspecified atom stereocenters. The predicted octanol–water partition coefficient (Wildman–Crippen LogP) is 3.59. The molecule has 0 fully saturated rings. The van der Waals surface area contributed by atoms with E-state index in [1.54, 1.807) is 12.1 Å². The van der Waals surface area contributed by atoms with Crippen molar-refractivity contribution in [2.24, 2.45) is 0 Å². The van der Waals surface area contributed by atoms with Gasteiger partial charge in [-0.1, -0.05) is 35.0 Å². The summed E-state index contributed by atoms with van der Waals surface area (Å²) in [6.45, 7) is 2.97. The van der Waals surface area contributed by atoms with Crippen LogP contribution in [0, 0.1) is 0 Å². The highest BCUT2D eigenvalue weighted by atomic mass is 79.9. The van der Waals surface area contributed by atoms with Gasteiger partial charge < -0.3 is 14.8 Å². The van der Waals surface area contributed by atoms with Gasteiger partial charge in [-0.25, -0.2) is 0 Å². The van der Waals surface area contributed by atoms with Crippen LogP contribution in [-0.4, -0.2) is 25.7 Å². The zero-order valence-electron chi connectivity index (χ0n) is 13.0. The molecule has 0 bridgehead atoms. The third kappa shape index (κ3) is 6.32. The van der Waals surface area contributed by atoms with Crippen LogP contribution in [0.1, 0.15) is 12.5 Å². The van der Waals surface area contributed by atoms with E-state index < -0.39 is 0 Å². The van der Waals surface area contributed by atoms with E-state index >= 15 is 0 Å². The minimum Gasteiger partial charge on any atom is -0.492 e. The number of rotatable bonds is 8. The van der Waals surface area contributed by atoms with Crippen molar-refractivity contribution < 1.29 is 14.3 Å². The van der Waals surface area contributed by atoms with Crippen molar-refractivity contribution in [1.82, 2.24) is 5.32 Å². The Morgan fingerprint density at radius 3 is 2.26 bits per heavy atom. The summed E-state index contributed by atoms with van der Waals surface area (Å²) in [6.07, 6.45) is 1.01. The molecule has 1 amide bonds. The first-order valence-corrected chi connectivity index (χ1v) is 8.33. The molecule has 0 atom stereocenters. The summed E-state index contributed by atoms with van der Waals surface area (Å²) < 4.78 is 11.9. The maximum Gasteiger partial charge on any atom is 0.258 e. The predicted molar refractivity (Wildman–Crippen MR) is 94.0 cm³/mol. The molecule has 1 N–H and O–H groups in total. The van der Waals surface area contributed by atoms with E-state index in [9.17, 15) is 4.79 Å². The van der Waals surface area contributed by atoms with E-state index in [1.807, 2.05) is 36.4 Å². The number of carbonyl (C=O) groups is 1. The molecular weight excluding hydrogens is 358 g/mol. The lowest BCUT2D eigenvalue weighted by atomic mass is 10.2. The second-order valence-electron chi connectivity index (χ2n) is 4.94. The van der Waals surface area contributed by atoms with E-state index in [2.05, 4.69) is 28.2 Å². The molecule has 2 rings (SSSR count). The standard InChI is InChI=1S/C18H20BrNO3/c1-2-14-3-7-16(8-4-14)22-12-11-20-18(21)13-23-17-9-5-15(19)6-10-17/h3-10H,2,11-13H2,1H3,(H,20,21). The minimum atomic E-state index is -0.169. The fourth-order valence-corrected chi connectivity index (χ4v) is 2.18. The number of amides is 1. The van der Waals surface area contributed by atoms with Crippen LogP contribution >= 0.6 is 15.9 Å². The topological polar surface area (TPSA) is 47.6 Å². The Morgan fingerprint density at radius 1 is 1.00 bits per heavy atom. The molecule has 0 spiro atoms. The Morgan fingerprint density at radius 2 is 1.61 bits per heavy atom. The molecule has 4 nitrogen and oxygen atoms in total. The van der Waals surface area contributed by atoms with Gasteiger partial charge in [0.2, 0.25) is 0 Å². The number of nitrogens with one attached hydrogen (secondary N) is 1. The van der Waals surface area contributed by atoms with Gasteiger partial charge in [-0.05, 0) is 48.4 Å². The molecular formula is C18H20BrNO3. The van der Waals surface area contributed by atoms with Gasteiger partial charge >= 0.3 is 0 Å². The number of hydrogen-bond acceptors (Lipinski definition) is 3. The lowest BCUT2D eigenvalue weighted by molar-refractivity contribution is -0.123. The van der Waals surface area contributed by atoms with Gasteiger partial charge in [0.15, 0.2) is 6.61 Å². The summed E-state index contributed by atoms with van der Waals surface area (Å²) >= 11 is 3.35. The maximum absolute atomic E-state index is 11.7. The van der Waals surface area contributed by atoms with Crippen LogP contribution in [0.5, 0.6) is 11.5 Å². The van der Waals surface area contributed by atoms with Crippen LogP contribution in [0.2, 0.25) is 0 Å². The lowest BCUT2D eigenvalue weighted by Gasteiger charge is -2.09. The highest BCUT2D eigenvalue weighted by Gasteiger charge is 2.02. The zero-order chi connectivity index (χ0) is 16.5. The molecule has 2 aromatic carbocycles. The Kier molecular flexibility index (Phi) is 6.94. The first-order chi connectivity index (χ1) is 11.2. The highest BCUT2D eigenvalue weighted by Crippen LogP contribution is 2.15. The second-order valence-corrected chi connectivity index (χ2v) is 5.85. The molecule has 0 heterocycles. The normalized spacial score (nSPS) is 10.2. The molecule has 23 heavy (non-hydrogen) atoms. The van der Waals surface area contributed by atoms with Crippen LogP contribution < -0.4 is 14.8 Å². The summed E-state index contributed by atoms with van der Waals surface area (Å²) in [6, 6.07) is 15.3. The fraction of sp³-hybridized carbons (Fsp3) is 0.278. The van der Waals surface area contributed by atoms with Gasteiger partial charge in [-0.2, -0.15) is 0 Å². The second kappa shape index (κ2) is 9.20. The number of hydrogen-bond donors (Lipinski definition) is 1. The monoisotopic (exact) mass is 377 g/mol. The summed E-state index contributed by atoms with van der Waals surface area (Å²) in [7, 11) is 0. The van der Waals surface area contributed by atoms with E-state index in [-0.39, 0.29) is 12.5 Å². The lowest BCUT2D eigenvalue weighted by Crippen LogP contribution is -2.32. The number of halogens is 1. The Labute approximate surface area is 144 Å². The molecule has 122 valence electrons. The smallest absolute Gasteiger partial charge is 0.258 e. The van der Waals surface area contributed by atoms with E-state index in [0.29, 0.717) is 18.9 Å². The average Bonchev–Trinajstić information content (AvgIpc) is 2.59. The minimum absolute atomic E-state index is 0.00711. The number of benzene rings is 2. The van der Waals surface area contributed by atoms with Crippen LogP contribution in [0.3, 0.4) is 0 Å². The maximum atomic E-state index is 11.7. The first kappa shape index (κ1) is 17.3. The van der Waals surface area contributed by atoms with Crippen molar-refractivity contribution in [3.63, 3.8) is 0 Å². The van der Waals surface area contributed by atoms with Crippen molar-refractivity contribution in [2.75, 3.05) is 19.8 Å².